The zero-order valence-corrected chi connectivity index (χ0v) is 17.4. The Hall–Kier alpha value is -3.25. The van der Waals surface area contributed by atoms with Gasteiger partial charge in [0.25, 0.3) is 0 Å². The summed E-state index contributed by atoms with van der Waals surface area (Å²) in [7, 11) is -3.54. The van der Waals surface area contributed by atoms with Crippen molar-refractivity contribution in [3.05, 3.63) is 101 Å². The fraction of sp³-hybridized carbons (Fsp3) is 0.167. The summed E-state index contributed by atoms with van der Waals surface area (Å²) in [5, 5.41) is 7.60. The van der Waals surface area contributed by atoms with Gasteiger partial charge in [-0.25, -0.2) is 13.1 Å². The van der Waals surface area contributed by atoms with E-state index in [-0.39, 0.29) is 5.75 Å². The van der Waals surface area contributed by atoms with Gasteiger partial charge in [-0.05, 0) is 46.4 Å². The highest BCUT2D eigenvalue weighted by atomic mass is 32.2. The Kier molecular flexibility index (Phi) is 4.51. The van der Waals surface area contributed by atoms with Gasteiger partial charge in [-0.2, -0.15) is 0 Å². The van der Waals surface area contributed by atoms with E-state index >= 15 is 0 Å². The first-order valence-corrected chi connectivity index (χ1v) is 11.7. The first kappa shape index (κ1) is 18.8. The number of hydrogen-bond donors (Lipinski definition) is 0. The summed E-state index contributed by atoms with van der Waals surface area (Å²) in [4.78, 5) is 0. The van der Waals surface area contributed by atoms with Crippen molar-refractivity contribution in [2.24, 2.45) is 0 Å². The lowest BCUT2D eigenvalue weighted by atomic mass is 10.1. The molecule has 0 atom stereocenters. The van der Waals surface area contributed by atoms with E-state index in [4.69, 9.17) is 0 Å². The van der Waals surface area contributed by atoms with E-state index in [1.54, 1.807) is 10.9 Å². The SMILES string of the molecule is CCc1ccc(-n2cc(CS(=O)(=O)C3c4ccccc4-c4ccccc43)nn2)cc1. The molecule has 0 bridgehead atoms. The highest BCUT2D eigenvalue weighted by Crippen LogP contribution is 2.47. The van der Waals surface area contributed by atoms with Gasteiger partial charge in [0.2, 0.25) is 0 Å². The van der Waals surface area contributed by atoms with Crippen molar-refractivity contribution >= 4 is 9.84 Å². The molecule has 1 heterocycles. The van der Waals surface area contributed by atoms with E-state index in [1.807, 2.05) is 72.8 Å². The number of rotatable bonds is 5. The second-order valence-electron chi connectivity index (χ2n) is 7.54. The summed E-state index contributed by atoms with van der Waals surface area (Å²) in [5.41, 5.74) is 6.18. The molecule has 3 aromatic carbocycles. The molecule has 0 fully saturated rings. The number of nitrogens with zero attached hydrogens (tertiary/aromatic N) is 3. The molecule has 0 unspecified atom stereocenters. The van der Waals surface area contributed by atoms with E-state index in [1.165, 1.54) is 5.56 Å². The minimum atomic E-state index is -3.54. The molecule has 0 saturated heterocycles. The first-order valence-electron chi connectivity index (χ1n) is 9.97. The molecule has 5 rings (SSSR count). The molecule has 0 radical (unpaired) electrons. The predicted molar refractivity (Wildman–Crippen MR) is 117 cm³/mol. The lowest BCUT2D eigenvalue weighted by Gasteiger charge is -2.14. The highest BCUT2D eigenvalue weighted by Gasteiger charge is 2.38. The van der Waals surface area contributed by atoms with Gasteiger partial charge in [-0.15, -0.1) is 5.10 Å². The molecule has 1 aliphatic carbocycles. The first-order chi connectivity index (χ1) is 14.6. The van der Waals surface area contributed by atoms with Crippen LogP contribution in [0.1, 0.15) is 34.6 Å². The molecule has 0 saturated carbocycles. The van der Waals surface area contributed by atoms with Crippen LogP contribution in [0, 0.1) is 0 Å². The molecule has 0 N–H and O–H groups in total. The molecule has 6 heteroatoms. The minimum absolute atomic E-state index is 0.159. The Morgan fingerprint density at radius 3 is 2.07 bits per heavy atom. The average molecular weight is 416 g/mol. The van der Waals surface area contributed by atoms with E-state index in [9.17, 15) is 8.42 Å². The fourth-order valence-corrected chi connectivity index (χ4v) is 6.06. The molecule has 0 amide bonds. The van der Waals surface area contributed by atoms with Crippen molar-refractivity contribution < 1.29 is 8.42 Å². The predicted octanol–water partition coefficient (Wildman–Crippen LogP) is 4.51. The Balaban J connectivity index is 1.48. The Morgan fingerprint density at radius 2 is 1.47 bits per heavy atom. The second kappa shape index (κ2) is 7.22. The van der Waals surface area contributed by atoms with Crippen LogP contribution in [0.4, 0.5) is 0 Å². The van der Waals surface area contributed by atoms with Crippen LogP contribution in [0.3, 0.4) is 0 Å². The maximum absolute atomic E-state index is 13.5. The van der Waals surface area contributed by atoms with Crippen molar-refractivity contribution in [3.8, 4) is 16.8 Å². The van der Waals surface area contributed by atoms with Gasteiger partial charge < -0.3 is 0 Å². The van der Waals surface area contributed by atoms with E-state index < -0.39 is 15.1 Å². The molecule has 1 aliphatic rings. The Labute approximate surface area is 175 Å². The topological polar surface area (TPSA) is 64.8 Å². The standard InChI is InChI=1S/C24H21N3O2S/c1-2-17-11-13-19(14-12-17)27-15-18(25-26-27)16-30(28,29)24-22-9-5-3-7-20(22)21-8-4-6-10-23(21)24/h3-15,24H,2,16H2,1H3. The third kappa shape index (κ3) is 3.13. The summed E-state index contributed by atoms with van der Waals surface area (Å²) in [6.07, 6.45) is 2.66. The fourth-order valence-electron chi connectivity index (χ4n) is 4.16. The molecule has 30 heavy (non-hydrogen) atoms. The molecular formula is C24H21N3O2S. The van der Waals surface area contributed by atoms with Crippen LogP contribution in [-0.2, 0) is 22.0 Å². The number of sulfone groups is 1. The van der Waals surface area contributed by atoms with Crippen molar-refractivity contribution in [1.29, 1.82) is 0 Å². The number of hydrogen-bond acceptors (Lipinski definition) is 4. The van der Waals surface area contributed by atoms with E-state index in [2.05, 4.69) is 17.2 Å². The van der Waals surface area contributed by atoms with Crippen LogP contribution >= 0.6 is 0 Å². The van der Waals surface area contributed by atoms with Crippen molar-refractivity contribution in [2.75, 3.05) is 0 Å². The van der Waals surface area contributed by atoms with Gasteiger partial charge in [0, 0.05) is 0 Å². The maximum Gasteiger partial charge on any atom is 0.167 e. The lowest BCUT2D eigenvalue weighted by Crippen LogP contribution is -2.15. The van der Waals surface area contributed by atoms with Gasteiger partial charge in [0.15, 0.2) is 9.84 Å². The van der Waals surface area contributed by atoms with Crippen LogP contribution < -0.4 is 0 Å². The van der Waals surface area contributed by atoms with Gasteiger partial charge >= 0.3 is 0 Å². The van der Waals surface area contributed by atoms with Gasteiger partial charge in [-0.3, -0.25) is 0 Å². The molecule has 150 valence electrons. The van der Waals surface area contributed by atoms with Gasteiger partial charge in [0.1, 0.15) is 5.25 Å². The summed E-state index contributed by atoms with van der Waals surface area (Å²) in [5.74, 6) is -0.159. The quantitative estimate of drug-likeness (QED) is 0.481. The second-order valence-corrected chi connectivity index (χ2v) is 9.62. The van der Waals surface area contributed by atoms with Crippen LogP contribution in [0.2, 0.25) is 0 Å². The number of fused-ring (bicyclic) bond motifs is 3. The number of aromatic nitrogens is 3. The summed E-state index contributed by atoms with van der Waals surface area (Å²) in [6.45, 7) is 2.10. The van der Waals surface area contributed by atoms with Crippen LogP contribution in [-0.4, -0.2) is 23.4 Å². The Bertz CT molecular complexity index is 1280. The number of aryl methyl sites for hydroxylation is 1. The lowest BCUT2D eigenvalue weighted by molar-refractivity contribution is 0.588. The molecule has 0 aliphatic heterocycles. The zero-order chi connectivity index (χ0) is 20.7. The molecule has 4 aromatic rings. The summed E-state index contributed by atoms with van der Waals surface area (Å²) in [6, 6.07) is 23.5. The smallest absolute Gasteiger partial charge is 0.167 e. The third-order valence-electron chi connectivity index (χ3n) is 5.63. The molecule has 0 spiro atoms. The normalized spacial score (nSPS) is 13.2. The van der Waals surface area contributed by atoms with Gasteiger partial charge in [0.05, 0.1) is 23.3 Å². The van der Waals surface area contributed by atoms with Crippen molar-refractivity contribution in [1.82, 2.24) is 15.0 Å². The minimum Gasteiger partial charge on any atom is -0.227 e. The maximum atomic E-state index is 13.5. The van der Waals surface area contributed by atoms with Crippen LogP contribution in [0.25, 0.3) is 16.8 Å². The summed E-state index contributed by atoms with van der Waals surface area (Å²) >= 11 is 0. The third-order valence-corrected chi connectivity index (χ3v) is 7.56. The molecule has 5 nitrogen and oxygen atoms in total. The monoisotopic (exact) mass is 415 g/mol. The van der Waals surface area contributed by atoms with E-state index in [0.29, 0.717) is 5.69 Å². The van der Waals surface area contributed by atoms with Crippen molar-refractivity contribution in [2.45, 2.75) is 24.3 Å². The van der Waals surface area contributed by atoms with Crippen molar-refractivity contribution in [3.63, 3.8) is 0 Å². The largest absolute Gasteiger partial charge is 0.227 e. The molecular weight excluding hydrogens is 394 g/mol. The average Bonchev–Trinajstić information content (AvgIpc) is 3.36. The molecule has 1 aromatic heterocycles. The van der Waals surface area contributed by atoms with Crippen LogP contribution in [0.5, 0.6) is 0 Å². The number of benzene rings is 3. The summed E-state index contributed by atoms with van der Waals surface area (Å²) < 4.78 is 28.6. The van der Waals surface area contributed by atoms with E-state index in [0.717, 1.165) is 34.4 Å². The van der Waals surface area contributed by atoms with Gasteiger partial charge in [-0.1, -0.05) is 72.8 Å². The Morgan fingerprint density at radius 1 is 0.867 bits per heavy atom. The zero-order valence-electron chi connectivity index (χ0n) is 16.6. The van der Waals surface area contributed by atoms with Crippen LogP contribution in [0.15, 0.2) is 79.0 Å². The highest BCUT2D eigenvalue weighted by molar-refractivity contribution is 7.91.